The van der Waals surface area contributed by atoms with Gasteiger partial charge in [0.05, 0.1) is 6.10 Å². The minimum atomic E-state index is -0.220. The number of halogens is 1. The molecule has 0 amide bonds. The van der Waals surface area contributed by atoms with Crippen LogP contribution in [-0.2, 0) is 6.54 Å². The number of benzene rings is 1. The second-order valence-electron chi connectivity index (χ2n) is 3.70. The van der Waals surface area contributed by atoms with Crippen molar-refractivity contribution < 1.29 is 5.11 Å². The van der Waals surface area contributed by atoms with Gasteiger partial charge in [-0.25, -0.2) is 0 Å². The maximum Gasteiger partial charge on any atom is 0.0664 e. The average Bonchev–Trinajstić information content (AvgIpc) is 2.18. The molecule has 0 radical (unpaired) electrons. The molecule has 0 spiro atoms. The molecule has 0 fully saturated rings. The topological polar surface area (TPSA) is 32.3 Å². The summed E-state index contributed by atoms with van der Waals surface area (Å²) in [6.07, 6.45) is 1.67. The largest absolute Gasteiger partial charge is 0.392 e. The Labute approximate surface area is 99.8 Å². The lowest BCUT2D eigenvalue weighted by Gasteiger charge is -2.10. The zero-order chi connectivity index (χ0) is 11.1. The Morgan fingerprint density at radius 2 is 2.27 bits per heavy atom. The molecule has 1 atom stereocenters. The highest BCUT2D eigenvalue weighted by Gasteiger charge is 2.01. The van der Waals surface area contributed by atoms with Crippen LogP contribution in [0.2, 0.25) is 0 Å². The quantitative estimate of drug-likeness (QED) is 0.834. The molecule has 0 aliphatic heterocycles. The third kappa shape index (κ3) is 5.30. The van der Waals surface area contributed by atoms with Gasteiger partial charge in [0.2, 0.25) is 0 Å². The van der Waals surface area contributed by atoms with Crippen LogP contribution in [0.25, 0.3) is 0 Å². The molecule has 1 unspecified atom stereocenters. The van der Waals surface area contributed by atoms with Crippen LogP contribution >= 0.6 is 15.9 Å². The van der Waals surface area contributed by atoms with Crippen LogP contribution in [0.1, 0.15) is 25.3 Å². The Morgan fingerprint density at radius 3 is 2.93 bits per heavy atom. The van der Waals surface area contributed by atoms with Crippen LogP contribution in [0, 0.1) is 0 Å². The zero-order valence-electron chi connectivity index (χ0n) is 9.04. The summed E-state index contributed by atoms with van der Waals surface area (Å²) in [4.78, 5) is 0. The highest BCUT2D eigenvalue weighted by Crippen LogP contribution is 2.11. The van der Waals surface area contributed by atoms with Gasteiger partial charge >= 0.3 is 0 Å². The van der Waals surface area contributed by atoms with Crippen LogP contribution in [0.4, 0.5) is 0 Å². The van der Waals surface area contributed by atoms with E-state index in [2.05, 4.69) is 40.3 Å². The number of nitrogens with one attached hydrogen (secondary N) is 1. The Kier molecular flexibility index (Phi) is 5.91. The molecule has 0 heterocycles. The first-order valence-electron chi connectivity index (χ1n) is 5.35. The summed E-state index contributed by atoms with van der Waals surface area (Å²) in [5.74, 6) is 0. The van der Waals surface area contributed by atoms with E-state index in [0.717, 1.165) is 23.9 Å². The molecule has 3 heteroatoms. The van der Waals surface area contributed by atoms with Crippen LogP contribution in [0.3, 0.4) is 0 Å². The van der Waals surface area contributed by atoms with Crippen molar-refractivity contribution in [1.29, 1.82) is 0 Å². The van der Waals surface area contributed by atoms with Gasteiger partial charge in [0.25, 0.3) is 0 Å². The highest BCUT2D eigenvalue weighted by atomic mass is 79.9. The fourth-order valence-corrected chi connectivity index (χ4v) is 1.91. The number of hydrogen-bond acceptors (Lipinski definition) is 2. The van der Waals surface area contributed by atoms with E-state index in [1.807, 2.05) is 12.1 Å². The minimum Gasteiger partial charge on any atom is -0.392 e. The van der Waals surface area contributed by atoms with Crippen LogP contribution < -0.4 is 5.32 Å². The fraction of sp³-hybridized carbons (Fsp3) is 0.500. The molecule has 1 aromatic rings. The molecule has 0 saturated heterocycles. The molecule has 1 aromatic carbocycles. The molecule has 0 saturated carbocycles. The lowest BCUT2D eigenvalue weighted by molar-refractivity contribution is 0.160. The second kappa shape index (κ2) is 6.99. The summed E-state index contributed by atoms with van der Waals surface area (Å²) in [6.45, 7) is 3.55. The molecule has 0 aliphatic carbocycles. The number of rotatable bonds is 6. The van der Waals surface area contributed by atoms with Gasteiger partial charge in [-0.15, -0.1) is 0 Å². The lowest BCUT2D eigenvalue weighted by atomic mass is 10.2. The number of aliphatic hydroxyl groups excluding tert-OH is 1. The van der Waals surface area contributed by atoms with Gasteiger partial charge < -0.3 is 10.4 Å². The molecular formula is C12H18BrNO. The van der Waals surface area contributed by atoms with Gasteiger partial charge in [-0.3, -0.25) is 0 Å². The van der Waals surface area contributed by atoms with Gasteiger partial charge in [-0.05, 0) is 24.1 Å². The fourth-order valence-electron chi connectivity index (χ4n) is 1.47. The summed E-state index contributed by atoms with van der Waals surface area (Å²) in [5.41, 5.74) is 1.23. The Balaban J connectivity index is 2.25. The monoisotopic (exact) mass is 271 g/mol. The second-order valence-corrected chi connectivity index (χ2v) is 4.62. The summed E-state index contributed by atoms with van der Waals surface area (Å²) < 4.78 is 1.09. The molecular weight excluding hydrogens is 254 g/mol. The Morgan fingerprint density at radius 1 is 1.47 bits per heavy atom. The standard InChI is InChI=1S/C12H18BrNO/c1-2-4-12(15)9-14-8-10-5-3-6-11(13)7-10/h3,5-7,12,14-15H,2,4,8-9H2,1H3. The van der Waals surface area contributed by atoms with Gasteiger partial charge in [0, 0.05) is 17.6 Å². The molecule has 2 nitrogen and oxygen atoms in total. The molecule has 1 rings (SSSR count). The normalized spacial score (nSPS) is 12.7. The smallest absolute Gasteiger partial charge is 0.0664 e. The maximum absolute atomic E-state index is 9.51. The van der Waals surface area contributed by atoms with Crippen molar-refractivity contribution in [3.8, 4) is 0 Å². The van der Waals surface area contributed by atoms with Crippen molar-refractivity contribution in [2.75, 3.05) is 6.54 Å². The van der Waals surface area contributed by atoms with Gasteiger partial charge in [0.1, 0.15) is 0 Å². The molecule has 2 N–H and O–H groups in total. The zero-order valence-corrected chi connectivity index (χ0v) is 10.6. The molecule has 15 heavy (non-hydrogen) atoms. The van der Waals surface area contributed by atoms with Gasteiger partial charge in [-0.1, -0.05) is 41.4 Å². The third-order valence-corrected chi connectivity index (χ3v) is 2.71. The summed E-state index contributed by atoms with van der Waals surface area (Å²) >= 11 is 3.43. The highest BCUT2D eigenvalue weighted by molar-refractivity contribution is 9.10. The van der Waals surface area contributed by atoms with Crippen LogP contribution in [0.5, 0.6) is 0 Å². The summed E-state index contributed by atoms with van der Waals surface area (Å²) in [6, 6.07) is 8.18. The molecule has 0 bridgehead atoms. The van der Waals surface area contributed by atoms with E-state index >= 15 is 0 Å². The first kappa shape index (κ1) is 12.7. The van der Waals surface area contributed by atoms with E-state index in [1.165, 1.54) is 5.56 Å². The lowest BCUT2D eigenvalue weighted by Crippen LogP contribution is -2.26. The van der Waals surface area contributed by atoms with E-state index in [0.29, 0.717) is 6.54 Å². The SMILES string of the molecule is CCCC(O)CNCc1cccc(Br)c1. The van der Waals surface area contributed by atoms with Crippen molar-refractivity contribution in [1.82, 2.24) is 5.32 Å². The predicted molar refractivity (Wildman–Crippen MR) is 66.8 cm³/mol. The van der Waals surface area contributed by atoms with Crippen LogP contribution in [-0.4, -0.2) is 17.8 Å². The van der Waals surface area contributed by atoms with Crippen molar-refractivity contribution >= 4 is 15.9 Å². The third-order valence-electron chi connectivity index (χ3n) is 2.22. The number of aliphatic hydroxyl groups is 1. The van der Waals surface area contributed by atoms with E-state index < -0.39 is 0 Å². The maximum atomic E-state index is 9.51. The molecule has 84 valence electrons. The van der Waals surface area contributed by atoms with Gasteiger partial charge in [0.15, 0.2) is 0 Å². The minimum absolute atomic E-state index is 0.220. The van der Waals surface area contributed by atoms with E-state index in [4.69, 9.17) is 0 Å². The van der Waals surface area contributed by atoms with E-state index in [1.54, 1.807) is 0 Å². The van der Waals surface area contributed by atoms with Crippen molar-refractivity contribution in [2.24, 2.45) is 0 Å². The van der Waals surface area contributed by atoms with E-state index in [-0.39, 0.29) is 6.10 Å². The van der Waals surface area contributed by atoms with Crippen LogP contribution in [0.15, 0.2) is 28.7 Å². The van der Waals surface area contributed by atoms with Crippen molar-refractivity contribution in [3.63, 3.8) is 0 Å². The van der Waals surface area contributed by atoms with Crippen molar-refractivity contribution in [2.45, 2.75) is 32.4 Å². The average molecular weight is 272 g/mol. The Bertz CT molecular complexity index is 291. The van der Waals surface area contributed by atoms with Gasteiger partial charge in [-0.2, -0.15) is 0 Å². The van der Waals surface area contributed by atoms with E-state index in [9.17, 15) is 5.11 Å². The summed E-state index contributed by atoms with van der Waals surface area (Å²) in [7, 11) is 0. The predicted octanol–water partition coefficient (Wildman–Crippen LogP) is 2.70. The van der Waals surface area contributed by atoms with Crippen molar-refractivity contribution in [3.05, 3.63) is 34.3 Å². The number of hydrogen-bond donors (Lipinski definition) is 2. The summed E-state index contributed by atoms with van der Waals surface area (Å²) in [5, 5.41) is 12.8. The molecule has 0 aliphatic rings. The first-order chi connectivity index (χ1) is 7.22. The molecule has 0 aromatic heterocycles. The Hall–Kier alpha value is -0.380. The first-order valence-corrected chi connectivity index (χ1v) is 6.15.